The van der Waals surface area contributed by atoms with Gasteiger partial charge in [-0.3, -0.25) is 9.63 Å². The first-order valence-electron chi connectivity index (χ1n) is 5.46. The fourth-order valence-corrected chi connectivity index (χ4v) is 1.35. The van der Waals surface area contributed by atoms with Crippen molar-refractivity contribution in [2.75, 3.05) is 0 Å². The lowest BCUT2D eigenvalue weighted by Crippen LogP contribution is -2.33. The number of aryl methyl sites for hydroxylation is 1. The Kier molecular flexibility index (Phi) is 4.48. The van der Waals surface area contributed by atoms with Crippen LogP contribution in [-0.4, -0.2) is 16.5 Å². The zero-order chi connectivity index (χ0) is 13.1. The maximum atomic E-state index is 11.8. The van der Waals surface area contributed by atoms with E-state index in [1.807, 2.05) is 27.7 Å². The van der Waals surface area contributed by atoms with E-state index in [0.717, 1.165) is 12.1 Å². The Labute approximate surface area is 106 Å². The second-order valence-corrected chi connectivity index (χ2v) is 5.06. The summed E-state index contributed by atoms with van der Waals surface area (Å²) in [6.45, 7) is 7.50. The van der Waals surface area contributed by atoms with Crippen LogP contribution in [0.3, 0.4) is 0 Å². The predicted molar refractivity (Wildman–Crippen MR) is 66.9 cm³/mol. The van der Waals surface area contributed by atoms with Crippen molar-refractivity contribution < 1.29 is 9.63 Å². The van der Waals surface area contributed by atoms with E-state index >= 15 is 0 Å². The summed E-state index contributed by atoms with van der Waals surface area (Å²) in [5, 5.41) is 0.310. The fourth-order valence-electron chi connectivity index (χ4n) is 1.12. The second kappa shape index (κ2) is 5.47. The molecule has 1 rings (SSSR count). The third-order valence-corrected chi connectivity index (χ3v) is 2.12. The van der Waals surface area contributed by atoms with Gasteiger partial charge in [0.05, 0.1) is 5.60 Å². The molecule has 1 aromatic heterocycles. The lowest BCUT2D eigenvalue weighted by molar-refractivity contribution is -0.0589. The van der Waals surface area contributed by atoms with E-state index in [1.54, 1.807) is 6.07 Å². The minimum atomic E-state index is -0.430. The third kappa shape index (κ3) is 4.71. The van der Waals surface area contributed by atoms with Crippen LogP contribution in [0.25, 0.3) is 0 Å². The number of hydroxylamine groups is 1. The molecule has 1 aromatic rings. The van der Waals surface area contributed by atoms with Crippen LogP contribution in [0.2, 0.25) is 5.15 Å². The van der Waals surface area contributed by atoms with Crippen molar-refractivity contribution >= 4 is 17.5 Å². The summed E-state index contributed by atoms with van der Waals surface area (Å²) in [5.74, 6) is -0.320. The van der Waals surface area contributed by atoms with Crippen LogP contribution in [0.1, 0.15) is 43.7 Å². The van der Waals surface area contributed by atoms with Gasteiger partial charge in [0.15, 0.2) is 0 Å². The summed E-state index contributed by atoms with van der Waals surface area (Å²) < 4.78 is 0. The number of amides is 1. The average Bonchev–Trinajstić information content (AvgIpc) is 2.23. The predicted octanol–water partition coefficient (Wildman–Crippen LogP) is 2.76. The van der Waals surface area contributed by atoms with Gasteiger partial charge in [-0.1, -0.05) is 18.5 Å². The summed E-state index contributed by atoms with van der Waals surface area (Å²) in [5.41, 5.74) is 3.19. The van der Waals surface area contributed by atoms with E-state index in [4.69, 9.17) is 16.4 Å². The lowest BCUT2D eigenvalue weighted by atomic mass is 10.2. The molecule has 0 aliphatic carbocycles. The van der Waals surface area contributed by atoms with Gasteiger partial charge in [-0.05, 0) is 39.3 Å². The third-order valence-electron chi connectivity index (χ3n) is 1.92. The molecular weight excluding hydrogens is 240 g/mol. The van der Waals surface area contributed by atoms with Gasteiger partial charge in [-0.25, -0.2) is 10.5 Å². The molecule has 1 heterocycles. The number of hydrogen-bond donors (Lipinski definition) is 1. The van der Waals surface area contributed by atoms with Crippen molar-refractivity contribution in [3.63, 3.8) is 0 Å². The van der Waals surface area contributed by atoms with Crippen molar-refractivity contribution in [2.24, 2.45) is 0 Å². The minimum absolute atomic E-state index is 0.310. The van der Waals surface area contributed by atoms with E-state index < -0.39 is 5.60 Å². The summed E-state index contributed by atoms with van der Waals surface area (Å²) in [4.78, 5) is 21.1. The van der Waals surface area contributed by atoms with Gasteiger partial charge in [0, 0.05) is 11.3 Å². The number of carbonyl (C=O) groups is 1. The van der Waals surface area contributed by atoms with E-state index in [9.17, 15) is 4.79 Å². The number of rotatable bonds is 3. The summed E-state index contributed by atoms with van der Waals surface area (Å²) in [7, 11) is 0. The molecule has 0 fully saturated rings. The Balaban J connectivity index is 2.78. The van der Waals surface area contributed by atoms with Gasteiger partial charge >= 0.3 is 0 Å². The highest BCUT2D eigenvalue weighted by atomic mass is 35.5. The summed E-state index contributed by atoms with van der Waals surface area (Å²) >= 11 is 5.83. The van der Waals surface area contributed by atoms with E-state index in [-0.39, 0.29) is 5.91 Å². The maximum Gasteiger partial charge on any atom is 0.275 e. The van der Waals surface area contributed by atoms with Crippen LogP contribution in [-0.2, 0) is 11.3 Å². The SMILES string of the molecule is CCc1cc(C(=O)NOC(C)(C)C)cc(Cl)n1. The van der Waals surface area contributed by atoms with Crippen LogP contribution in [0, 0.1) is 0 Å². The van der Waals surface area contributed by atoms with Gasteiger partial charge in [0.25, 0.3) is 5.91 Å². The van der Waals surface area contributed by atoms with E-state index in [1.165, 1.54) is 6.07 Å². The summed E-state index contributed by atoms with van der Waals surface area (Å²) in [6.07, 6.45) is 0.723. The topological polar surface area (TPSA) is 51.2 Å². The first-order valence-corrected chi connectivity index (χ1v) is 5.84. The number of carbonyl (C=O) groups excluding carboxylic acids is 1. The van der Waals surface area contributed by atoms with Crippen molar-refractivity contribution in [3.8, 4) is 0 Å². The van der Waals surface area contributed by atoms with Crippen LogP contribution >= 0.6 is 11.6 Å². The highest BCUT2D eigenvalue weighted by molar-refractivity contribution is 6.29. The minimum Gasteiger partial charge on any atom is -0.268 e. The molecule has 1 amide bonds. The monoisotopic (exact) mass is 256 g/mol. The Morgan fingerprint density at radius 1 is 1.47 bits per heavy atom. The number of nitrogens with one attached hydrogen (secondary N) is 1. The van der Waals surface area contributed by atoms with Crippen molar-refractivity contribution in [1.29, 1.82) is 0 Å². The molecule has 0 radical (unpaired) electrons. The van der Waals surface area contributed by atoms with E-state index in [2.05, 4.69) is 10.5 Å². The molecule has 4 nitrogen and oxygen atoms in total. The average molecular weight is 257 g/mol. The second-order valence-electron chi connectivity index (χ2n) is 4.67. The molecule has 0 spiro atoms. The fraction of sp³-hybridized carbons (Fsp3) is 0.500. The van der Waals surface area contributed by atoms with Crippen molar-refractivity contribution in [3.05, 3.63) is 28.5 Å². The molecular formula is C12H17ClN2O2. The molecule has 0 bridgehead atoms. The zero-order valence-electron chi connectivity index (χ0n) is 10.5. The van der Waals surface area contributed by atoms with Gasteiger partial charge in [0.1, 0.15) is 5.15 Å². The molecule has 0 saturated heterocycles. The number of nitrogens with zero attached hydrogens (tertiary/aromatic N) is 1. The molecule has 0 aromatic carbocycles. The van der Waals surface area contributed by atoms with Gasteiger partial charge in [-0.15, -0.1) is 0 Å². The molecule has 0 aliphatic rings. The molecule has 0 atom stereocenters. The normalized spacial score (nSPS) is 11.4. The number of halogens is 1. The van der Waals surface area contributed by atoms with Gasteiger partial charge in [0.2, 0.25) is 0 Å². The Morgan fingerprint density at radius 2 is 2.12 bits per heavy atom. The van der Waals surface area contributed by atoms with Gasteiger partial charge in [-0.2, -0.15) is 0 Å². The summed E-state index contributed by atoms with van der Waals surface area (Å²) in [6, 6.07) is 3.22. The largest absolute Gasteiger partial charge is 0.275 e. The molecule has 17 heavy (non-hydrogen) atoms. The molecule has 1 N–H and O–H groups in total. The van der Waals surface area contributed by atoms with E-state index in [0.29, 0.717) is 10.7 Å². The first-order chi connectivity index (χ1) is 7.81. The highest BCUT2D eigenvalue weighted by Crippen LogP contribution is 2.12. The molecule has 94 valence electrons. The molecule has 5 heteroatoms. The standard InChI is InChI=1S/C12H17ClN2O2/c1-5-9-6-8(7-10(13)14-9)11(16)15-17-12(2,3)4/h6-7H,5H2,1-4H3,(H,15,16). The maximum absolute atomic E-state index is 11.8. The van der Waals surface area contributed by atoms with Crippen LogP contribution < -0.4 is 5.48 Å². The van der Waals surface area contributed by atoms with Crippen molar-refractivity contribution in [1.82, 2.24) is 10.5 Å². The highest BCUT2D eigenvalue weighted by Gasteiger charge is 2.14. The lowest BCUT2D eigenvalue weighted by Gasteiger charge is -2.19. The molecule has 0 unspecified atom stereocenters. The Morgan fingerprint density at radius 3 is 2.65 bits per heavy atom. The van der Waals surface area contributed by atoms with Crippen molar-refractivity contribution in [2.45, 2.75) is 39.7 Å². The van der Waals surface area contributed by atoms with Crippen LogP contribution in [0.15, 0.2) is 12.1 Å². The number of hydrogen-bond acceptors (Lipinski definition) is 3. The Hall–Kier alpha value is -1.13. The molecule has 0 aliphatic heterocycles. The molecule has 0 saturated carbocycles. The number of aromatic nitrogens is 1. The smallest absolute Gasteiger partial charge is 0.268 e. The van der Waals surface area contributed by atoms with Crippen LogP contribution in [0.4, 0.5) is 0 Å². The number of pyridine rings is 1. The first kappa shape index (κ1) is 13.9. The Bertz CT molecular complexity index is 413. The quantitative estimate of drug-likeness (QED) is 0.668. The zero-order valence-corrected chi connectivity index (χ0v) is 11.3. The van der Waals surface area contributed by atoms with Crippen LogP contribution in [0.5, 0.6) is 0 Å². The van der Waals surface area contributed by atoms with Gasteiger partial charge < -0.3 is 0 Å².